The van der Waals surface area contributed by atoms with E-state index in [0.717, 1.165) is 22.7 Å². The number of nitrogens with zero attached hydrogens (tertiary/aromatic N) is 1. The van der Waals surface area contributed by atoms with Gasteiger partial charge < -0.3 is 4.74 Å². The van der Waals surface area contributed by atoms with Gasteiger partial charge in [0.2, 0.25) is 0 Å². The predicted octanol–water partition coefficient (Wildman–Crippen LogP) is 4.73. The molecule has 0 radical (unpaired) electrons. The van der Waals surface area contributed by atoms with Gasteiger partial charge in [0.05, 0.1) is 25.0 Å². The lowest BCUT2D eigenvalue weighted by Crippen LogP contribution is -2.29. The Balaban J connectivity index is 1.89. The largest absolute Gasteiger partial charge is 0.496 e. The van der Waals surface area contributed by atoms with Crippen LogP contribution in [0.3, 0.4) is 0 Å². The topological polar surface area (TPSA) is 24.5 Å². The van der Waals surface area contributed by atoms with Crippen LogP contribution in [0.15, 0.2) is 84.9 Å². The number of ether oxygens (including phenoxy) is 1. The van der Waals surface area contributed by atoms with Crippen molar-refractivity contribution in [2.24, 2.45) is 0 Å². The number of hydrogen-bond donors (Lipinski definition) is 1. The first-order valence-electron chi connectivity index (χ1n) is 7.63. The standard InChI is InChI=1S/C20H20N2O/c1-23-20-15-9-8-10-17(20)16-22(19-13-6-3-7-14-19)21-18-11-4-2-5-12-18/h2-15,21H,16H2,1H3. The van der Waals surface area contributed by atoms with Crippen LogP contribution in [0, 0.1) is 0 Å². The third kappa shape index (κ3) is 3.83. The SMILES string of the molecule is COc1ccccc1CN(Nc1ccccc1)c1ccccc1. The van der Waals surface area contributed by atoms with Crippen LogP contribution >= 0.6 is 0 Å². The minimum absolute atomic E-state index is 0.697. The lowest BCUT2D eigenvalue weighted by Gasteiger charge is -2.27. The molecule has 3 aromatic rings. The molecule has 0 amide bonds. The van der Waals surface area contributed by atoms with E-state index in [4.69, 9.17) is 4.74 Å². The van der Waals surface area contributed by atoms with Gasteiger partial charge in [-0.25, -0.2) is 0 Å². The minimum atomic E-state index is 0.697. The van der Waals surface area contributed by atoms with E-state index < -0.39 is 0 Å². The van der Waals surface area contributed by atoms with Gasteiger partial charge in [0.25, 0.3) is 0 Å². The zero-order chi connectivity index (χ0) is 15.9. The maximum absolute atomic E-state index is 5.48. The zero-order valence-electron chi connectivity index (χ0n) is 13.1. The number of rotatable bonds is 6. The first-order valence-corrected chi connectivity index (χ1v) is 7.63. The molecular formula is C20H20N2O. The van der Waals surface area contributed by atoms with Crippen LogP contribution in [0.25, 0.3) is 0 Å². The van der Waals surface area contributed by atoms with Crippen molar-refractivity contribution >= 4 is 11.4 Å². The summed E-state index contributed by atoms with van der Waals surface area (Å²) in [6, 6.07) is 28.5. The van der Waals surface area contributed by atoms with Gasteiger partial charge in [-0.2, -0.15) is 0 Å². The van der Waals surface area contributed by atoms with E-state index in [2.05, 4.69) is 40.8 Å². The molecule has 0 heterocycles. The fourth-order valence-corrected chi connectivity index (χ4v) is 2.48. The smallest absolute Gasteiger partial charge is 0.123 e. The molecule has 0 saturated carbocycles. The Kier molecular flexibility index (Phi) is 4.79. The molecule has 3 nitrogen and oxygen atoms in total. The van der Waals surface area contributed by atoms with E-state index in [-0.39, 0.29) is 0 Å². The second-order valence-electron chi connectivity index (χ2n) is 5.21. The van der Waals surface area contributed by atoms with Crippen LogP contribution in [0.2, 0.25) is 0 Å². The average molecular weight is 304 g/mol. The summed E-state index contributed by atoms with van der Waals surface area (Å²) >= 11 is 0. The number of methoxy groups -OCH3 is 1. The lowest BCUT2D eigenvalue weighted by atomic mass is 10.2. The molecule has 3 aromatic carbocycles. The Bertz CT molecular complexity index is 729. The van der Waals surface area contributed by atoms with Crippen molar-refractivity contribution in [3.63, 3.8) is 0 Å². The van der Waals surface area contributed by atoms with Crippen LogP contribution in [0.4, 0.5) is 11.4 Å². The van der Waals surface area contributed by atoms with Crippen molar-refractivity contribution in [3.8, 4) is 5.75 Å². The van der Waals surface area contributed by atoms with E-state index in [1.54, 1.807) is 7.11 Å². The quantitative estimate of drug-likeness (QED) is 0.666. The van der Waals surface area contributed by atoms with Gasteiger partial charge >= 0.3 is 0 Å². The Morgan fingerprint density at radius 2 is 1.39 bits per heavy atom. The molecule has 0 aliphatic heterocycles. The third-order valence-corrected chi connectivity index (χ3v) is 3.63. The number of hydrazine groups is 1. The molecule has 0 aromatic heterocycles. The highest BCUT2D eigenvalue weighted by atomic mass is 16.5. The molecule has 0 saturated heterocycles. The van der Waals surface area contributed by atoms with E-state index in [0.29, 0.717) is 6.54 Å². The molecule has 3 heteroatoms. The fourth-order valence-electron chi connectivity index (χ4n) is 2.48. The van der Waals surface area contributed by atoms with Crippen molar-refractivity contribution in [2.75, 3.05) is 17.5 Å². The fraction of sp³-hybridized carbons (Fsp3) is 0.100. The molecule has 0 aliphatic carbocycles. The van der Waals surface area contributed by atoms with Crippen LogP contribution in [0.1, 0.15) is 5.56 Å². The first-order chi connectivity index (χ1) is 11.4. The van der Waals surface area contributed by atoms with Gasteiger partial charge in [0, 0.05) is 5.56 Å². The van der Waals surface area contributed by atoms with Crippen LogP contribution in [-0.2, 0) is 6.54 Å². The van der Waals surface area contributed by atoms with Gasteiger partial charge in [-0.05, 0) is 30.3 Å². The minimum Gasteiger partial charge on any atom is -0.496 e. The molecule has 116 valence electrons. The van der Waals surface area contributed by atoms with Crippen molar-refractivity contribution in [2.45, 2.75) is 6.54 Å². The summed E-state index contributed by atoms with van der Waals surface area (Å²) in [5, 5.41) is 2.12. The average Bonchev–Trinajstić information content (AvgIpc) is 2.63. The van der Waals surface area contributed by atoms with Crippen molar-refractivity contribution in [1.82, 2.24) is 0 Å². The zero-order valence-corrected chi connectivity index (χ0v) is 13.1. The molecule has 0 bridgehead atoms. The highest BCUT2D eigenvalue weighted by Gasteiger charge is 2.10. The summed E-state index contributed by atoms with van der Waals surface area (Å²) in [6.07, 6.45) is 0. The normalized spacial score (nSPS) is 10.1. The second kappa shape index (κ2) is 7.36. The van der Waals surface area contributed by atoms with Gasteiger partial charge in [-0.3, -0.25) is 10.4 Å². The number of para-hydroxylation sites is 3. The number of nitrogens with one attached hydrogen (secondary N) is 1. The molecule has 0 aliphatic rings. The van der Waals surface area contributed by atoms with Crippen LogP contribution in [0.5, 0.6) is 5.75 Å². The predicted molar refractivity (Wildman–Crippen MR) is 95.7 cm³/mol. The van der Waals surface area contributed by atoms with E-state index in [1.165, 1.54) is 0 Å². The summed E-state index contributed by atoms with van der Waals surface area (Å²) in [5.41, 5.74) is 6.75. The Hall–Kier alpha value is -2.94. The first kappa shape index (κ1) is 15.0. The molecular weight excluding hydrogens is 284 g/mol. The van der Waals surface area contributed by atoms with E-state index in [9.17, 15) is 0 Å². The maximum Gasteiger partial charge on any atom is 0.123 e. The van der Waals surface area contributed by atoms with Crippen molar-refractivity contribution in [3.05, 3.63) is 90.5 Å². The number of hydrogen-bond acceptors (Lipinski definition) is 3. The maximum atomic E-state index is 5.48. The molecule has 0 fully saturated rings. The summed E-state index contributed by atoms with van der Waals surface area (Å²) < 4.78 is 5.48. The van der Waals surface area contributed by atoms with Crippen molar-refractivity contribution < 1.29 is 4.74 Å². The number of anilines is 2. The second-order valence-corrected chi connectivity index (χ2v) is 5.21. The molecule has 0 spiro atoms. The Morgan fingerprint density at radius 3 is 2.09 bits per heavy atom. The van der Waals surface area contributed by atoms with E-state index >= 15 is 0 Å². The highest BCUT2D eigenvalue weighted by Crippen LogP contribution is 2.23. The van der Waals surface area contributed by atoms with Crippen molar-refractivity contribution in [1.29, 1.82) is 0 Å². The summed E-state index contributed by atoms with van der Waals surface area (Å²) in [6.45, 7) is 0.697. The summed E-state index contributed by atoms with van der Waals surface area (Å²) in [7, 11) is 1.70. The number of benzene rings is 3. The third-order valence-electron chi connectivity index (χ3n) is 3.63. The van der Waals surface area contributed by atoms with Crippen LogP contribution in [-0.4, -0.2) is 7.11 Å². The highest BCUT2D eigenvalue weighted by molar-refractivity contribution is 5.55. The molecule has 23 heavy (non-hydrogen) atoms. The summed E-state index contributed by atoms with van der Waals surface area (Å²) in [4.78, 5) is 0. The monoisotopic (exact) mass is 304 g/mol. The molecule has 1 N–H and O–H groups in total. The van der Waals surface area contributed by atoms with E-state index in [1.807, 2.05) is 54.6 Å². The summed E-state index contributed by atoms with van der Waals surface area (Å²) in [5.74, 6) is 0.892. The van der Waals surface area contributed by atoms with Gasteiger partial charge in [-0.15, -0.1) is 0 Å². The molecule has 0 atom stereocenters. The Morgan fingerprint density at radius 1 is 0.783 bits per heavy atom. The molecule has 3 rings (SSSR count). The van der Waals surface area contributed by atoms with Gasteiger partial charge in [0.1, 0.15) is 5.75 Å². The lowest BCUT2D eigenvalue weighted by molar-refractivity contribution is 0.409. The van der Waals surface area contributed by atoms with Gasteiger partial charge in [-0.1, -0.05) is 54.6 Å². The molecule has 0 unspecified atom stereocenters. The van der Waals surface area contributed by atoms with Gasteiger partial charge in [0.15, 0.2) is 0 Å². The Labute approximate surface area is 137 Å². The van der Waals surface area contributed by atoms with Crippen LogP contribution < -0.4 is 15.2 Å².